The largest absolute Gasteiger partial charge is 0.412 e. The smallest absolute Gasteiger partial charge is 0.274 e. The minimum Gasteiger partial charge on any atom is -0.412 e. The van der Waals surface area contributed by atoms with Gasteiger partial charge in [0.05, 0.1) is 0 Å². The monoisotopic (exact) mass is 926 g/mol. The molecule has 1 aromatic rings. The average molecular weight is 930 g/mol. The molecule has 13 N–H and O–H groups in total. The average Bonchev–Trinajstić information content (AvgIpc) is 3.39. The molecule has 0 atom stereocenters. The normalized spacial score (nSPS) is 10.0. The number of carbonyl (C=O) groups is 5. The van der Waals surface area contributed by atoms with Crippen molar-refractivity contribution in [3.05, 3.63) is 11.6 Å². The van der Waals surface area contributed by atoms with Gasteiger partial charge in [0.25, 0.3) is 0 Å². The van der Waals surface area contributed by atoms with Crippen molar-refractivity contribution in [3.63, 3.8) is 0 Å². The second-order valence-corrected chi connectivity index (χ2v) is 26.2. The van der Waals surface area contributed by atoms with Crippen LogP contribution in [0, 0.1) is 6.92 Å². The topological polar surface area (TPSA) is 312 Å². The predicted octanol–water partition coefficient (Wildman–Crippen LogP) is 5.70. The van der Waals surface area contributed by atoms with Crippen LogP contribution in [-0.2, 0) is 37.4 Å². The van der Waals surface area contributed by atoms with Gasteiger partial charge in [-0.1, -0.05) is 57.8 Å². The Hall–Kier alpha value is -1.51. The molecule has 0 spiro atoms. The molecular weight excluding hydrogens is 868 g/mol. The van der Waals surface area contributed by atoms with Gasteiger partial charge >= 0.3 is 59.6 Å². The number of rotatable bonds is 6. The maximum Gasteiger partial charge on any atom is -0.274 e. The number of ketones is 2. The zero-order chi connectivity index (χ0) is 43.7. The summed E-state index contributed by atoms with van der Waals surface area (Å²) in [6.45, 7) is 18.8. The van der Waals surface area contributed by atoms with Crippen molar-refractivity contribution in [2.75, 3.05) is 7.05 Å². The fourth-order valence-corrected chi connectivity index (χ4v) is 1.38. The van der Waals surface area contributed by atoms with Crippen molar-refractivity contribution < 1.29 is 29.4 Å². The van der Waals surface area contributed by atoms with Crippen LogP contribution in [0.5, 0.6) is 0 Å². The number of Topliss-reactive ketones (excluding diaryl/α,β-unsaturated/α-hetero) is 2. The molecule has 53 heavy (non-hydrogen) atoms. The minimum absolute atomic E-state index is 0. The molecule has 0 unspecified atom stereocenters. The zero-order valence-corrected chi connectivity index (χ0v) is 38.9. The summed E-state index contributed by atoms with van der Waals surface area (Å²) in [5, 5.41) is 15.8. The summed E-state index contributed by atoms with van der Waals surface area (Å²) in [5.41, 5.74) is 10.8. The van der Waals surface area contributed by atoms with Crippen molar-refractivity contribution in [2.45, 2.75) is 108 Å². The first kappa shape index (κ1) is 72.7. The second-order valence-electron chi connectivity index (χ2n) is 8.61. The van der Waals surface area contributed by atoms with Gasteiger partial charge in [0.1, 0.15) is 33.6 Å². The fourth-order valence-electron chi connectivity index (χ4n) is 1.30. The van der Waals surface area contributed by atoms with Gasteiger partial charge in [-0.05, 0) is 48.1 Å². The van der Waals surface area contributed by atoms with E-state index in [1.54, 1.807) is 27.7 Å². The van der Waals surface area contributed by atoms with E-state index in [0.29, 0.717) is 36.0 Å². The van der Waals surface area contributed by atoms with Gasteiger partial charge in [-0.25, -0.2) is 5.84 Å². The summed E-state index contributed by atoms with van der Waals surface area (Å²) in [4.78, 5) is 49.7. The number of aryl methyl sites for hydroxylation is 2. The fraction of sp³-hybridized carbons (Fsp3) is 0.667. The van der Waals surface area contributed by atoms with Crippen LogP contribution in [-0.4, -0.2) is 66.9 Å². The summed E-state index contributed by atoms with van der Waals surface area (Å²) in [5.74, 6) is 14.5. The van der Waals surface area contributed by atoms with Crippen molar-refractivity contribution in [1.29, 1.82) is 0 Å². The van der Waals surface area contributed by atoms with Crippen molar-refractivity contribution in [2.24, 2.45) is 40.5 Å². The van der Waals surface area contributed by atoms with E-state index in [1.165, 1.54) is 27.8 Å². The van der Waals surface area contributed by atoms with E-state index < -0.39 is 3.37 Å². The first-order valence-electron chi connectivity index (χ1n) is 14.9. The van der Waals surface area contributed by atoms with E-state index in [2.05, 4.69) is 61.4 Å². The van der Waals surface area contributed by atoms with Gasteiger partial charge in [0, 0.05) is 39.7 Å². The van der Waals surface area contributed by atoms with Crippen LogP contribution in [0.25, 0.3) is 0 Å². The summed E-state index contributed by atoms with van der Waals surface area (Å²) < 4.78 is -1.69. The third-order valence-electron chi connectivity index (χ3n) is 3.77. The molecule has 0 aliphatic heterocycles. The molecule has 0 aliphatic rings. The van der Waals surface area contributed by atoms with E-state index in [-0.39, 0.29) is 34.8 Å². The number of hydrogen-bond donors (Lipinski definition) is 7. The van der Waals surface area contributed by atoms with Gasteiger partial charge in [-0.2, -0.15) is 0 Å². The van der Waals surface area contributed by atoms with Crippen LogP contribution in [0.4, 0.5) is 0 Å². The maximum absolute atomic E-state index is 10.4. The zero-order valence-electron chi connectivity index (χ0n) is 32.7. The number of nitrogens with zero attached hydrogens (tertiary/aromatic N) is 5. The van der Waals surface area contributed by atoms with Gasteiger partial charge in [0.2, 0.25) is 17.7 Å². The summed E-state index contributed by atoms with van der Waals surface area (Å²) in [6, 6.07) is 0. The van der Waals surface area contributed by atoms with Crippen LogP contribution in [0.1, 0.15) is 107 Å². The van der Waals surface area contributed by atoms with Crippen LogP contribution in [0.15, 0.2) is 10.2 Å². The molecule has 0 bridgehead atoms. The van der Waals surface area contributed by atoms with E-state index in [0.717, 1.165) is 18.1 Å². The Morgan fingerprint density at radius 3 is 1.25 bits per heavy atom. The number of nitrogens with one attached hydrogen (secondary N) is 3. The summed E-state index contributed by atoms with van der Waals surface area (Å²) >= 11 is 35.7. The SMILES string of the molecule is CC(C)=O.CC/C(Cl)=N/N=C(/C)Cl.CCC(=O)NN.CCC(=O)NNC(C)=O.CCC(C)=O.CCc1nnc(C)n1C.CN.ClP(Cl)(Cl)(Cl)Cl.NN.O. The third-order valence-corrected chi connectivity index (χ3v) is 4.18. The van der Waals surface area contributed by atoms with Gasteiger partial charge < -0.3 is 25.4 Å². The molecule has 1 rings (SSSR count). The predicted molar refractivity (Wildman–Crippen MR) is 228 cm³/mol. The number of hydrazine groups is 3. The molecule has 1 heterocycles. The Kier molecular flexibility index (Phi) is 66.5. The van der Waals surface area contributed by atoms with Gasteiger partial charge in [-0.15, -0.1) is 20.4 Å². The summed E-state index contributed by atoms with van der Waals surface area (Å²) in [6.07, 6.45) is 3.14. The minimum atomic E-state index is -3.69. The standard InChI is InChI=1S/C6H11N3.C5H8Cl2N2.C5H10N2O2.C4H8O.C3H8N2O.C3H6O.CH5N.Cl5P.H4N2.H2O/c1-4-6-8-7-5(2)9(6)3;1-3-5(7)9-8-4(2)6;1-3-5(9)7-6-4(2)8;1-3-4(2)5;1-2-3(6)5-4;1-3(2)4;1-2;1-6(2,3,4)5;1-2;/h4H2,1-3H3;3H2,1-2H3;3H2,1-2H3,(H,6,8)(H,7,9);3H2,1-2H3;2,4H2,1H3,(H,5,6);1-2H3;2H2,1H3;;1-2H2;1H2/b;8-4-,9-5-;;;;;;;;. The van der Waals surface area contributed by atoms with E-state index in [4.69, 9.17) is 79.4 Å². The molecule has 0 saturated heterocycles. The number of amides is 3. The van der Waals surface area contributed by atoms with E-state index in [1.807, 2.05) is 37.8 Å². The molecule has 26 heteroatoms. The van der Waals surface area contributed by atoms with Crippen molar-refractivity contribution >= 4 is 122 Å². The number of hydrogen-bond acceptors (Lipinski definition) is 13. The van der Waals surface area contributed by atoms with Gasteiger partial charge in [-0.3, -0.25) is 42.3 Å². The van der Waals surface area contributed by atoms with Crippen molar-refractivity contribution in [1.82, 2.24) is 31.0 Å². The molecule has 0 fully saturated rings. The van der Waals surface area contributed by atoms with Crippen LogP contribution in [0.3, 0.4) is 0 Å². The molecule has 0 aliphatic carbocycles. The van der Waals surface area contributed by atoms with E-state index >= 15 is 0 Å². The quantitative estimate of drug-likeness (QED) is 0.0597. The number of aromatic nitrogens is 3. The Labute approximate surface area is 348 Å². The molecule has 0 radical (unpaired) electrons. The third kappa shape index (κ3) is 106. The van der Waals surface area contributed by atoms with E-state index in [9.17, 15) is 24.0 Å². The van der Waals surface area contributed by atoms with Crippen LogP contribution >= 0.6 is 82.8 Å². The number of nitrogens with two attached hydrogens (primary N) is 4. The van der Waals surface area contributed by atoms with Gasteiger partial charge in [0.15, 0.2) is 0 Å². The number of carbonyl (C=O) groups excluding carboxylic acids is 5. The molecule has 1 aromatic heterocycles. The Morgan fingerprint density at radius 1 is 0.736 bits per heavy atom. The Balaban J connectivity index is -0.0000000606. The first-order valence-corrected chi connectivity index (χ1v) is 22.5. The van der Waals surface area contributed by atoms with Crippen LogP contribution < -0.4 is 39.5 Å². The second kappa shape index (κ2) is 48.5. The Bertz CT molecular complexity index is 1110. The molecule has 3 amide bonds. The van der Waals surface area contributed by atoms with Crippen molar-refractivity contribution in [3.8, 4) is 0 Å². The molecule has 320 valence electrons. The molecule has 0 saturated carbocycles. The molecule has 0 aromatic carbocycles. The first-order chi connectivity index (χ1) is 23.6. The number of halogens is 7. The summed E-state index contributed by atoms with van der Waals surface area (Å²) in [7, 11) is 3.48. The Morgan fingerprint density at radius 2 is 1.09 bits per heavy atom. The molecule has 18 nitrogen and oxygen atoms in total. The molecular formula is C27H62Cl7N12O6P. The van der Waals surface area contributed by atoms with Crippen LogP contribution in [0.2, 0.25) is 0 Å². The maximum atomic E-state index is 10.4.